The molecule has 7 heteroatoms. The minimum atomic E-state index is -0.558. The molecule has 0 saturated carbocycles. The molecule has 2 aromatic carbocycles. The Morgan fingerprint density at radius 3 is 2.43 bits per heavy atom. The van der Waals surface area contributed by atoms with E-state index in [1.165, 1.54) is 30.3 Å². The number of benzene rings is 2. The van der Waals surface area contributed by atoms with Crippen molar-refractivity contribution in [3.8, 4) is 6.07 Å². The van der Waals surface area contributed by atoms with Gasteiger partial charge >= 0.3 is 0 Å². The largest absolute Gasteiger partial charge is 0.320 e. The quantitative estimate of drug-likeness (QED) is 0.381. The summed E-state index contributed by atoms with van der Waals surface area (Å²) in [6, 6.07) is 14.4. The van der Waals surface area contributed by atoms with Gasteiger partial charge in [0.15, 0.2) is 0 Å². The van der Waals surface area contributed by atoms with Crippen molar-refractivity contribution in [1.82, 2.24) is 0 Å². The first-order valence-electron chi connectivity index (χ1n) is 6.43. The SMILES string of the molecule is N#C/C(=C\c1ccc([N+](=O)[O-])cc1)C(=O)Nc1ccccc1Br. The first kappa shape index (κ1) is 16.4. The number of anilines is 1. The van der Waals surface area contributed by atoms with Crippen LogP contribution in [0.5, 0.6) is 0 Å². The van der Waals surface area contributed by atoms with Crippen molar-refractivity contribution in [1.29, 1.82) is 5.26 Å². The summed E-state index contributed by atoms with van der Waals surface area (Å²) in [5.41, 5.74) is 0.907. The van der Waals surface area contributed by atoms with Gasteiger partial charge in [-0.15, -0.1) is 0 Å². The molecule has 0 unspecified atom stereocenters. The van der Waals surface area contributed by atoms with Crippen LogP contribution in [0.4, 0.5) is 11.4 Å². The van der Waals surface area contributed by atoms with Crippen LogP contribution in [0, 0.1) is 21.4 Å². The fourth-order valence-electron chi connectivity index (χ4n) is 1.76. The number of rotatable bonds is 4. The Hall–Kier alpha value is -2.98. The van der Waals surface area contributed by atoms with Crippen LogP contribution in [0.1, 0.15) is 5.56 Å². The summed E-state index contributed by atoms with van der Waals surface area (Å²) < 4.78 is 0.695. The Labute approximate surface area is 140 Å². The number of para-hydroxylation sites is 1. The third kappa shape index (κ3) is 4.25. The third-order valence-electron chi connectivity index (χ3n) is 2.90. The van der Waals surface area contributed by atoms with Crippen molar-refractivity contribution in [3.63, 3.8) is 0 Å². The van der Waals surface area contributed by atoms with Gasteiger partial charge in [0.25, 0.3) is 11.6 Å². The number of nitriles is 1. The van der Waals surface area contributed by atoms with Crippen molar-refractivity contribution in [3.05, 3.63) is 74.3 Å². The van der Waals surface area contributed by atoms with Crippen LogP contribution in [0.2, 0.25) is 0 Å². The molecule has 0 bridgehead atoms. The second-order valence-corrected chi connectivity index (χ2v) is 5.31. The zero-order chi connectivity index (χ0) is 16.8. The first-order valence-corrected chi connectivity index (χ1v) is 7.22. The molecule has 0 saturated heterocycles. The van der Waals surface area contributed by atoms with Crippen LogP contribution in [0.15, 0.2) is 58.6 Å². The lowest BCUT2D eigenvalue weighted by Gasteiger charge is -2.06. The van der Waals surface area contributed by atoms with Crippen LogP contribution >= 0.6 is 15.9 Å². The number of carbonyl (C=O) groups is 1. The number of hydrogen-bond donors (Lipinski definition) is 1. The van der Waals surface area contributed by atoms with Crippen LogP contribution in [-0.4, -0.2) is 10.8 Å². The second kappa shape index (κ2) is 7.33. The number of hydrogen-bond acceptors (Lipinski definition) is 4. The molecule has 0 aromatic heterocycles. The van der Waals surface area contributed by atoms with Gasteiger partial charge in [-0.2, -0.15) is 5.26 Å². The van der Waals surface area contributed by atoms with Crippen molar-refractivity contribution in [2.45, 2.75) is 0 Å². The van der Waals surface area contributed by atoms with E-state index in [0.717, 1.165) is 0 Å². The molecule has 1 N–H and O–H groups in total. The number of nitrogens with zero attached hydrogens (tertiary/aromatic N) is 2. The molecule has 0 spiro atoms. The maximum absolute atomic E-state index is 12.1. The molecule has 114 valence electrons. The number of nitro groups is 1. The van der Waals surface area contributed by atoms with Crippen molar-refractivity contribution < 1.29 is 9.72 Å². The molecule has 23 heavy (non-hydrogen) atoms. The van der Waals surface area contributed by atoms with E-state index in [1.807, 2.05) is 6.07 Å². The van der Waals surface area contributed by atoms with Gasteiger partial charge in [0.1, 0.15) is 11.6 Å². The number of nitrogens with one attached hydrogen (secondary N) is 1. The summed E-state index contributed by atoms with van der Waals surface area (Å²) >= 11 is 3.30. The predicted molar refractivity (Wildman–Crippen MR) is 89.5 cm³/mol. The van der Waals surface area contributed by atoms with Gasteiger partial charge in [0.2, 0.25) is 0 Å². The lowest BCUT2D eigenvalue weighted by molar-refractivity contribution is -0.384. The standard InChI is InChI=1S/C16H10BrN3O3/c17-14-3-1-2-4-15(14)19-16(21)12(10-18)9-11-5-7-13(8-6-11)20(22)23/h1-9H,(H,19,21)/b12-9+. The topological polar surface area (TPSA) is 96.0 Å². The van der Waals surface area contributed by atoms with E-state index in [-0.39, 0.29) is 11.3 Å². The zero-order valence-electron chi connectivity index (χ0n) is 11.7. The molecule has 0 fully saturated rings. The van der Waals surface area contributed by atoms with Crippen molar-refractivity contribution in [2.75, 3.05) is 5.32 Å². The van der Waals surface area contributed by atoms with Gasteiger partial charge in [-0.05, 0) is 51.8 Å². The summed E-state index contributed by atoms with van der Waals surface area (Å²) in [6.07, 6.45) is 1.37. The molecule has 0 aliphatic carbocycles. The number of nitro benzene ring substituents is 1. The zero-order valence-corrected chi connectivity index (χ0v) is 13.3. The van der Waals surface area contributed by atoms with Crippen LogP contribution in [0.3, 0.4) is 0 Å². The van der Waals surface area contributed by atoms with Gasteiger partial charge in [0, 0.05) is 16.6 Å². The molecule has 2 aromatic rings. The fourth-order valence-corrected chi connectivity index (χ4v) is 2.14. The molecule has 2 rings (SSSR count). The molecule has 0 aliphatic rings. The molecule has 0 aliphatic heterocycles. The smallest absolute Gasteiger partial charge is 0.269 e. The van der Waals surface area contributed by atoms with Gasteiger partial charge < -0.3 is 5.32 Å². The maximum Gasteiger partial charge on any atom is 0.269 e. The van der Waals surface area contributed by atoms with E-state index in [4.69, 9.17) is 5.26 Å². The molecule has 0 atom stereocenters. The Kier molecular flexibility index (Phi) is 5.23. The van der Waals surface area contributed by atoms with Crippen LogP contribution in [0.25, 0.3) is 6.08 Å². The average molecular weight is 372 g/mol. The van der Waals surface area contributed by atoms with E-state index < -0.39 is 10.8 Å². The highest BCUT2D eigenvalue weighted by Gasteiger charge is 2.11. The summed E-state index contributed by atoms with van der Waals surface area (Å²) in [5.74, 6) is -0.558. The average Bonchev–Trinajstić information content (AvgIpc) is 2.55. The van der Waals surface area contributed by atoms with E-state index in [2.05, 4.69) is 21.2 Å². The molecule has 6 nitrogen and oxygen atoms in total. The number of non-ortho nitro benzene ring substituents is 1. The fraction of sp³-hybridized carbons (Fsp3) is 0. The first-order chi connectivity index (χ1) is 11.0. The molecular formula is C16H10BrN3O3. The van der Waals surface area contributed by atoms with Gasteiger partial charge in [-0.25, -0.2) is 0 Å². The highest BCUT2D eigenvalue weighted by molar-refractivity contribution is 9.10. The lowest BCUT2D eigenvalue weighted by atomic mass is 10.1. The van der Waals surface area contributed by atoms with Gasteiger partial charge in [-0.3, -0.25) is 14.9 Å². The molecule has 1 amide bonds. The van der Waals surface area contributed by atoms with E-state index in [9.17, 15) is 14.9 Å². The summed E-state index contributed by atoms with van der Waals surface area (Å²) in [6.45, 7) is 0. The number of carbonyl (C=O) groups excluding carboxylic acids is 1. The second-order valence-electron chi connectivity index (χ2n) is 4.45. The highest BCUT2D eigenvalue weighted by atomic mass is 79.9. The van der Waals surface area contributed by atoms with Gasteiger partial charge in [-0.1, -0.05) is 12.1 Å². The Bertz CT molecular complexity index is 823. The number of halogens is 1. The monoisotopic (exact) mass is 371 g/mol. The van der Waals surface area contributed by atoms with Crippen molar-refractivity contribution >= 4 is 39.3 Å². The third-order valence-corrected chi connectivity index (χ3v) is 3.59. The number of amides is 1. The summed E-state index contributed by atoms with van der Waals surface area (Å²) in [5, 5.41) is 22.4. The normalized spacial score (nSPS) is 10.7. The molecular weight excluding hydrogens is 362 g/mol. The lowest BCUT2D eigenvalue weighted by Crippen LogP contribution is -2.13. The van der Waals surface area contributed by atoms with Gasteiger partial charge in [0.05, 0.1) is 10.6 Å². The summed E-state index contributed by atoms with van der Waals surface area (Å²) in [4.78, 5) is 22.2. The Morgan fingerprint density at radius 1 is 1.22 bits per heavy atom. The Morgan fingerprint density at radius 2 is 1.87 bits per heavy atom. The minimum Gasteiger partial charge on any atom is -0.320 e. The van der Waals surface area contributed by atoms with E-state index in [1.54, 1.807) is 24.3 Å². The maximum atomic E-state index is 12.1. The minimum absolute atomic E-state index is 0.0571. The highest BCUT2D eigenvalue weighted by Crippen LogP contribution is 2.22. The molecule has 0 heterocycles. The summed E-state index contributed by atoms with van der Waals surface area (Å²) in [7, 11) is 0. The van der Waals surface area contributed by atoms with Crippen LogP contribution in [-0.2, 0) is 4.79 Å². The van der Waals surface area contributed by atoms with E-state index in [0.29, 0.717) is 15.7 Å². The van der Waals surface area contributed by atoms with E-state index >= 15 is 0 Å². The Balaban J connectivity index is 2.21. The van der Waals surface area contributed by atoms with Crippen LogP contribution < -0.4 is 5.32 Å². The predicted octanol–water partition coefficient (Wildman–Crippen LogP) is 3.90. The molecule has 0 radical (unpaired) electrons. The van der Waals surface area contributed by atoms with Crippen molar-refractivity contribution in [2.24, 2.45) is 0 Å².